The van der Waals surface area contributed by atoms with Crippen molar-refractivity contribution < 1.29 is 17.2 Å². The van der Waals surface area contributed by atoms with Gasteiger partial charge in [-0.3, -0.25) is 0 Å². The summed E-state index contributed by atoms with van der Waals surface area (Å²) in [6, 6.07) is 18.6. The maximum Gasteiger partial charge on any atom is 0.243 e. The van der Waals surface area contributed by atoms with Gasteiger partial charge in [-0.05, 0) is 72.3 Å². The van der Waals surface area contributed by atoms with Crippen molar-refractivity contribution in [1.29, 1.82) is 0 Å². The lowest BCUT2D eigenvalue weighted by Gasteiger charge is -2.22. The molecule has 1 heterocycles. The van der Waals surface area contributed by atoms with E-state index in [4.69, 9.17) is 39.2 Å². The van der Waals surface area contributed by atoms with Gasteiger partial charge in [-0.2, -0.15) is 4.31 Å². The molecule has 3 aromatic carbocycles. The molecule has 0 aliphatic carbocycles. The van der Waals surface area contributed by atoms with Gasteiger partial charge in [0, 0.05) is 16.0 Å². The highest BCUT2D eigenvalue weighted by molar-refractivity contribution is 9.10. The molecule has 0 aliphatic heterocycles. The minimum absolute atomic E-state index is 0.01000. The molecule has 186 valence electrons. The van der Waals surface area contributed by atoms with E-state index in [1.54, 1.807) is 36.4 Å². The van der Waals surface area contributed by atoms with Gasteiger partial charge in [-0.15, -0.1) is 0 Å². The molecule has 0 fully saturated rings. The van der Waals surface area contributed by atoms with Crippen LogP contribution in [0.2, 0.25) is 15.1 Å². The second-order valence-electron chi connectivity index (χ2n) is 7.63. The number of halogens is 5. The third-order valence-electron chi connectivity index (χ3n) is 5.05. The van der Waals surface area contributed by atoms with Crippen molar-refractivity contribution >= 4 is 72.7 Å². The number of hydrogen-bond donors (Lipinski definition) is 0. The molecule has 0 saturated heterocycles. The summed E-state index contributed by atoms with van der Waals surface area (Å²) in [7, 11) is -3.94. The molecule has 0 spiro atoms. The number of nitrogens with zero attached hydrogens (tertiary/aromatic N) is 2. The molecule has 0 saturated carbocycles. The van der Waals surface area contributed by atoms with Crippen molar-refractivity contribution in [2.45, 2.75) is 18.0 Å². The van der Waals surface area contributed by atoms with Crippen LogP contribution in [0.4, 0.5) is 10.1 Å². The van der Waals surface area contributed by atoms with Crippen LogP contribution in [0.3, 0.4) is 0 Å². The molecule has 5 nitrogen and oxygen atoms in total. The van der Waals surface area contributed by atoms with Crippen LogP contribution in [0.25, 0.3) is 0 Å². The first-order valence-electron chi connectivity index (χ1n) is 10.4. The molecule has 0 amide bonds. The van der Waals surface area contributed by atoms with Crippen LogP contribution in [0.1, 0.15) is 17.1 Å². The van der Waals surface area contributed by atoms with E-state index in [9.17, 15) is 12.8 Å². The van der Waals surface area contributed by atoms with Gasteiger partial charge in [0.2, 0.25) is 10.0 Å². The van der Waals surface area contributed by atoms with Crippen LogP contribution in [-0.4, -0.2) is 18.9 Å². The summed E-state index contributed by atoms with van der Waals surface area (Å²) >= 11 is 21.3. The van der Waals surface area contributed by atoms with Gasteiger partial charge in [-0.25, -0.2) is 17.8 Å². The predicted octanol–water partition coefficient (Wildman–Crippen LogP) is 8.28. The summed E-state index contributed by atoms with van der Waals surface area (Å²) in [5.74, 6) is 0.213. The van der Waals surface area contributed by atoms with E-state index in [0.717, 1.165) is 0 Å². The van der Waals surface area contributed by atoms with Gasteiger partial charge in [0.25, 0.3) is 0 Å². The Morgan fingerprint density at radius 1 is 0.917 bits per heavy atom. The summed E-state index contributed by atoms with van der Waals surface area (Å²) in [4.78, 5) is 4.19. The molecule has 0 aliphatic rings. The van der Waals surface area contributed by atoms with Crippen molar-refractivity contribution in [2.75, 3.05) is 0 Å². The molecule has 0 bridgehead atoms. The van der Waals surface area contributed by atoms with Crippen LogP contribution in [0.5, 0.6) is 0 Å². The van der Waals surface area contributed by atoms with E-state index < -0.39 is 15.8 Å². The Kier molecular flexibility index (Phi) is 8.55. The van der Waals surface area contributed by atoms with Crippen molar-refractivity contribution in [3.63, 3.8) is 0 Å². The molecule has 0 atom stereocenters. The Hall–Kier alpha value is -2.20. The Bertz CT molecular complexity index is 1530. The third-order valence-corrected chi connectivity index (χ3v) is 8.34. The first kappa shape index (κ1) is 26.9. The second kappa shape index (κ2) is 11.5. The van der Waals surface area contributed by atoms with Gasteiger partial charge in [0.05, 0.1) is 33.4 Å². The third kappa shape index (κ3) is 6.56. The highest BCUT2D eigenvalue weighted by atomic mass is 79.9. The topological polar surface area (TPSA) is 62.9 Å². The van der Waals surface area contributed by atoms with Crippen molar-refractivity contribution in [3.05, 3.63) is 115 Å². The lowest BCUT2D eigenvalue weighted by molar-refractivity contribution is 0.357. The fourth-order valence-electron chi connectivity index (χ4n) is 3.26. The summed E-state index contributed by atoms with van der Waals surface area (Å²) in [5.41, 5.74) is 0.781. The lowest BCUT2D eigenvalue weighted by atomic mass is 10.2. The van der Waals surface area contributed by atoms with Crippen LogP contribution in [0.15, 0.2) is 91.6 Å². The minimum atomic E-state index is -3.94. The maximum absolute atomic E-state index is 14.0. The number of benzene rings is 3. The van der Waals surface area contributed by atoms with E-state index in [1.165, 1.54) is 46.9 Å². The van der Waals surface area contributed by atoms with Gasteiger partial charge in [0.15, 0.2) is 0 Å². The van der Waals surface area contributed by atoms with Crippen LogP contribution in [-0.2, 0) is 23.1 Å². The summed E-state index contributed by atoms with van der Waals surface area (Å²) < 4.78 is 48.7. The summed E-state index contributed by atoms with van der Waals surface area (Å²) in [6.45, 7) is -0.0677. The van der Waals surface area contributed by atoms with Crippen LogP contribution >= 0.6 is 50.7 Å². The van der Waals surface area contributed by atoms with Crippen LogP contribution in [0, 0.1) is 5.82 Å². The normalized spacial score (nSPS) is 12.1. The molecular formula is C25H17BrCl3FN2O3S. The molecule has 11 heteroatoms. The smallest absolute Gasteiger partial charge is 0.243 e. The quantitative estimate of drug-likeness (QED) is 0.184. The Balaban J connectivity index is 1.61. The Morgan fingerprint density at radius 2 is 1.67 bits per heavy atom. The monoisotopic (exact) mass is 628 g/mol. The van der Waals surface area contributed by atoms with E-state index in [2.05, 4.69) is 20.9 Å². The number of furan rings is 1. The van der Waals surface area contributed by atoms with E-state index in [-0.39, 0.29) is 23.7 Å². The molecule has 0 unspecified atom stereocenters. The van der Waals surface area contributed by atoms with Gasteiger partial charge < -0.3 is 4.42 Å². The standard InChI is InChI=1S/C25H17BrCl3FN2O3S/c26-17-2-10-25(24(30)12-17)31-13-19-5-6-20(35-19)15-32(14-16-1-9-22(28)23(29)11-16)36(33,34)21-7-3-18(27)4-8-21/h1-13H,14-15H2. The van der Waals surface area contributed by atoms with Crippen molar-refractivity contribution in [1.82, 2.24) is 4.31 Å². The Morgan fingerprint density at radius 3 is 2.36 bits per heavy atom. The number of hydrogen-bond acceptors (Lipinski definition) is 4. The molecule has 4 rings (SSSR count). The first-order valence-corrected chi connectivity index (χ1v) is 13.8. The molecule has 1 aromatic heterocycles. The second-order valence-corrected chi connectivity index (χ2v) is 11.7. The lowest BCUT2D eigenvalue weighted by Crippen LogP contribution is -2.30. The number of rotatable bonds is 8. The summed E-state index contributed by atoms with van der Waals surface area (Å²) in [6.07, 6.45) is 1.37. The molecule has 36 heavy (non-hydrogen) atoms. The average molecular weight is 631 g/mol. The van der Waals surface area contributed by atoms with Gasteiger partial charge in [0.1, 0.15) is 17.3 Å². The first-order chi connectivity index (χ1) is 17.1. The minimum Gasteiger partial charge on any atom is -0.459 e. The SMILES string of the molecule is O=S(=O)(c1ccc(Cl)cc1)N(Cc1ccc(Cl)c(Cl)c1)Cc1ccc(C=Nc2ccc(Br)cc2F)o1. The summed E-state index contributed by atoms with van der Waals surface area (Å²) in [5, 5.41) is 1.10. The van der Waals surface area contributed by atoms with Gasteiger partial charge in [-0.1, -0.05) is 56.8 Å². The number of aliphatic imine (C=N–C) groups is 1. The maximum atomic E-state index is 14.0. The molecule has 0 radical (unpaired) electrons. The fourth-order valence-corrected chi connectivity index (χ4v) is 5.44. The highest BCUT2D eigenvalue weighted by Crippen LogP contribution is 2.27. The Labute approximate surface area is 231 Å². The van der Waals surface area contributed by atoms with Crippen molar-refractivity contribution in [2.24, 2.45) is 4.99 Å². The zero-order valence-electron chi connectivity index (χ0n) is 18.3. The highest BCUT2D eigenvalue weighted by Gasteiger charge is 2.26. The zero-order valence-corrected chi connectivity index (χ0v) is 23.0. The van der Waals surface area contributed by atoms with Crippen molar-refractivity contribution in [3.8, 4) is 0 Å². The van der Waals surface area contributed by atoms with Crippen LogP contribution < -0.4 is 0 Å². The average Bonchev–Trinajstić information content (AvgIpc) is 3.28. The molecule has 0 N–H and O–H groups in total. The molecular weight excluding hydrogens is 614 g/mol. The van der Waals surface area contributed by atoms with E-state index >= 15 is 0 Å². The molecule has 4 aromatic rings. The largest absolute Gasteiger partial charge is 0.459 e. The van der Waals surface area contributed by atoms with E-state index in [0.29, 0.717) is 36.6 Å². The number of sulfonamides is 1. The van der Waals surface area contributed by atoms with Gasteiger partial charge >= 0.3 is 0 Å². The van der Waals surface area contributed by atoms with E-state index in [1.807, 2.05) is 0 Å². The predicted molar refractivity (Wildman–Crippen MR) is 144 cm³/mol. The fraction of sp³-hybridized carbons (Fsp3) is 0.0800. The zero-order chi connectivity index (χ0) is 25.9.